The second-order valence-electron chi connectivity index (χ2n) is 10.0. The number of pyridine rings is 1. The van der Waals surface area contributed by atoms with Gasteiger partial charge in [-0.1, -0.05) is 50.9 Å². The molecule has 4 aromatic rings. The molecule has 2 aromatic carbocycles. The molecule has 0 aliphatic carbocycles. The molecular formula is C30H30ClF2N3O5S. The summed E-state index contributed by atoms with van der Waals surface area (Å²) in [4.78, 5) is 30.6. The summed E-state index contributed by atoms with van der Waals surface area (Å²) in [6, 6.07) is 10.3. The Labute approximate surface area is 247 Å². The second-order valence-corrected chi connectivity index (χ2v) is 12.3. The maximum absolute atomic E-state index is 15.5. The van der Waals surface area contributed by atoms with E-state index in [0.29, 0.717) is 10.6 Å². The predicted molar refractivity (Wildman–Crippen MR) is 158 cm³/mol. The van der Waals surface area contributed by atoms with Gasteiger partial charge in [0.25, 0.3) is 0 Å². The maximum atomic E-state index is 15.5. The average molecular weight is 618 g/mol. The number of nitrogens with one attached hydrogen (secondary N) is 1. The van der Waals surface area contributed by atoms with Crippen molar-refractivity contribution in [3.8, 4) is 11.1 Å². The molecule has 0 spiro atoms. The largest absolute Gasteiger partial charge is 0.444 e. The predicted octanol–water partition coefficient (Wildman–Crippen LogP) is 6.95. The number of rotatable bonds is 12. The van der Waals surface area contributed by atoms with Crippen molar-refractivity contribution >= 4 is 50.1 Å². The van der Waals surface area contributed by atoms with Gasteiger partial charge in [0.15, 0.2) is 12.5 Å². The van der Waals surface area contributed by atoms with Crippen molar-refractivity contribution < 1.29 is 31.5 Å². The number of nitrogens with zero attached hydrogens (tertiary/aromatic N) is 2. The van der Waals surface area contributed by atoms with Gasteiger partial charge in [0.2, 0.25) is 15.8 Å². The first kappa shape index (κ1) is 31.1. The van der Waals surface area contributed by atoms with E-state index in [1.165, 1.54) is 10.8 Å². The third-order valence-corrected chi connectivity index (χ3v) is 8.50. The molecular weight excluding hydrogens is 588 g/mol. The number of benzene rings is 2. The van der Waals surface area contributed by atoms with Crippen LogP contribution in [-0.4, -0.2) is 35.5 Å². The van der Waals surface area contributed by atoms with Crippen molar-refractivity contribution in [2.75, 3.05) is 10.5 Å². The lowest BCUT2D eigenvalue weighted by Crippen LogP contribution is -2.18. The number of ketones is 1. The van der Waals surface area contributed by atoms with E-state index in [1.54, 1.807) is 43.5 Å². The van der Waals surface area contributed by atoms with Crippen LogP contribution in [-0.2, 0) is 26.3 Å². The molecule has 0 aliphatic rings. The lowest BCUT2D eigenvalue weighted by atomic mass is 10.00. The van der Waals surface area contributed by atoms with Gasteiger partial charge in [0, 0.05) is 34.8 Å². The van der Waals surface area contributed by atoms with E-state index in [1.807, 2.05) is 13.8 Å². The second kappa shape index (κ2) is 13.0. The number of hydrogen-bond acceptors (Lipinski definition) is 6. The van der Waals surface area contributed by atoms with E-state index < -0.39 is 44.7 Å². The Morgan fingerprint density at radius 2 is 1.81 bits per heavy atom. The van der Waals surface area contributed by atoms with Crippen molar-refractivity contribution in [1.29, 1.82) is 0 Å². The molecule has 4 rings (SSSR count). The summed E-state index contributed by atoms with van der Waals surface area (Å²) in [5.41, 5.74) is -0.0238. The zero-order chi connectivity index (χ0) is 30.6. The summed E-state index contributed by atoms with van der Waals surface area (Å²) in [6.07, 6.45) is 4.14. The van der Waals surface area contributed by atoms with Gasteiger partial charge in [-0.3, -0.25) is 18.9 Å². The molecule has 222 valence electrons. The standard InChI is InChI=1S/C30H30ClF2N3O5S/c1-4-12-42(39,40)35-25-11-10-24(32)27(28(25)33)29(38)23-16-36(17-41-26(37)13-18(3)5-2)30-22(23)14-20(15-34-30)19-6-8-21(31)9-7-19/h6-11,14-16,18,35H,4-5,12-13,17H2,1-3H3. The molecule has 0 saturated carbocycles. The Hall–Kier alpha value is -3.83. The molecule has 8 nitrogen and oxygen atoms in total. The highest BCUT2D eigenvalue weighted by atomic mass is 35.5. The van der Waals surface area contributed by atoms with Crippen LogP contribution in [0.3, 0.4) is 0 Å². The van der Waals surface area contributed by atoms with Gasteiger partial charge in [-0.05, 0) is 48.2 Å². The summed E-state index contributed by atoms with van der Waals surface area (Å²) in [6.45, 7) is 5.23. The molecule has 0 aliphatic heterocycles. The number of fused-ring (bicyclic) bond motifs is 1. The fourth-order valence-electron chi connectivity index (χ4n) is 4.34. The minimum absolute atomic E-state index is 0.113. The van der Waals surface area contributed by atoms with Crippen LogP contribution in [0.15, 0.2) is 54.9 Å². The molecule has 12 heteroatoms. The topological polar surface area (TPSA) is 107 Å². The Bertz CT molecular complexity index is 1740. The molecule has 1 atom stereocenters. The van der Waals surface area contributed by atoms with Gasteiger partial charge in [0.1, 0.15) is 11.5 Å². The number of hydrogen-bond donors (Lipinski definition) is 1. The van der Waals surface area contributed by atoms with Crippen molar-refractivity contribution in [3.63, 3.8) is 0 Å². The number of esters is 1. The number of halogens is 3. The van der Waals surface area contributed by atoms with Crippen LogP contribution in [0.2, 0.25) is 5.02 Å². The molecule has 0 amide bonds. The first-order chi connectivity index (χ1) is 19.9. The third-order valence-electron chi connectivity index (χ3n) is 6.77. The van der Waals surface area contributed by atoms with Crippen molar-refractivity contribution in [3.05, 3.63) is 82.6 Å². The van der Waals surface area contributed by atoms with E-state index >= 15 is 8.78 Å². The highest BCUT2D eigenvalue weighted by Crippen LogP contribution is 2.31. The maximum Gasteiger partial charge on any atom is 0.307 e. The molecule has 0 saturated heterocycles. The average Bonchev–Trinajstić information content (AvgIpc) is 3.31. The minimum atomic E-state index is -3.92. The number of carbonyl (C=O) groups excluding carboxylic acids is 2. The first-order valence-corrected chi connectivity index (χ1v) is 15.4. The quantitative estimate of drug-likeness (QED) is 0.136. The van der Waals surface area contributed by atoms with Gasteiger partial charge in [0.05, 0.1) is 22.6 Å². The monoisotopic (exact) mass is 617 g/mol. The van der Waals surface area contributed by atoms with E-state index in [4.69, 9.17) is 16.3 Å². The van der Waals surface area contributed by atoms with Crippen LogP contribution in [0.25, 0.3) is 22.2 Å². The van der Waals surface area contributed by atoms with Gasteiger partial charge < -0.3 is 4.74 Å². The SMILES string of the molecule is CCCS(=O)(=O)Nc1ccc(F)c(C(=O)c2cn(COC(=O)CC(C)CC)c3ncc(-c4ccc(Cl)cc4)cc23)c1F. The van der Waals surface area contributed by atoms with Crippen molar-refractivity contribution in [1.82, 2.24) is 9.55 Å². The number of sulfonamides is 1. The molecule has 42 heavy (non-hydrogen) atoms. The fraction of sp³-hybridized carbons (Fsp3) is 0.300. The molecule has 0 bridgehead atoms. The van der Waals surface area contributed by atoms with Crippen LogP contribution in [0.4, 0.5) is 14.5 Å². The van der Waals surface area contributed by atoms with Crippen LogP contribution >= 0.6 is 11.6 Å². The van der Waals surface area contributed by atoms with E-state index in [2.05, 4.69) is 9.71 Å². The Balaban J connectivity index is 1.81. The lowest BCUT2D eigenvalue weighted by molar-refractivity contribution is -0.148. The third kappa shape index (κ3) is 6.96. The lowest BCUT2D eigenvalue weighted by Gasteiger charge is -2.11. The number of ether oxygens (including phenoxy) is 1. The first-order valence-electron chi connectivity index (χ1n) is 13.4. The highest BCUT2D eigenvalue weighted by Gasteiger charge is 2.27. The number of carbonyl (C=O) groups is 2. The van der Waals surface area contributed by atoms with Gasteiger partial charge in [-0.25, -0.2) is 22.2 Å². The van der Waals surface area contributed by atoms with Crippen LogP contribution in [0.1, 0.15) is 56.0 Å². The zero-order valence-corrected chi connectivity index (χ0v) is 24.9. The van der Waals surface area contributed by atoms with Crippen molar-refractivity contribution in [2.45, 2.75) is 46.8 Å². The Morgan fingerprint density at radius 3 is 2.48 bits per heavy atom. The molecule has 2 aromatic heterocycles. The van der Waals surface area contributed by atoms with Gasteiger partial charge in [-0.15, -0.1) is 0 Å². The molecule has 1 N–H and O–H groups in total. The number of aromatic nitrogens is 2. The molecule has 1 unspecified atom stereocenters. The normalized spacial score (nSPS) is 12.3. The Kier molecular flexibility index (Phi) is 9.63. The summed E-state index contributed by atoms with van der Waals surface area (Å²) in [5, 5.41) is 0.774. The number of anilines is 1. The fourth-order valence-corrected chi connectivity index (χ4v) is 5.60. The van der Waals surface area contributed by atoms with Crippen molar-refractivity contribution in [2.24, 2.45) is 5.92 Å². The summed E-state index contributed by atoms with van der Waals surface area (Å²) in [5.74, 6) is -4.16. The molecule has 0 radical (unpaired) electrons. The summed E-state index contributed by atoms with van der Waals surface area (Å²) >= 11 is 6.01. The van der Waals surface area contributed by atoms with E-state index in [0.717, 1.165) is 24.1 Å². The van der Waals surface area contributed by atoms with Gasteiger partial charge >= 0.3 is 5.97 Å². The zero-order valence-electron chi connectivity index (χ0n) is 23.3. The smallest absolute Gasteiger partial charge is 0.307 e. The van der Waals surface area contributed by atoms with Crippen LogP contribution in [0.5, 0.6) is 0 Å². The van der Waals surface area contributed by atoms with Crippen LogP contribution < -0.4 is 4.72 Å². The highest BCUT2D eigenvalue weighted by molar-refractivity contribution is 7.92. The molecule has 2 heterocycles. The van der Waals surface area contributed by atoms with E-state index in [-0.39, 0.29) is 47.8 Å². The van der Waals surface area contributed by atoms with Gasteiger partial charge in [-0.2, -0.15) is 0 Å². The summed E-state index contributed by atoms with van der Waals surface area (Å²) in [7, 11) is -3.92. The van der Waals surface area contributed by atoms with Crippen LogP contribution in [0, 0.1) is 17.6 Å². The minimum Gasteiger partial charge on any atom is -0.444 e. The summed E-state index contributed by atoms with van der Waals surface area (Å²) < 4.78 is 64.0. The van der Waals surface area contributed by atoms with E-state index in [9.17, 15) is 18.0 Å². The Morgan fingerprint density at radius 1 is 1.10 bits per heavy atom. The molecule has 0 fully saturated rings.